The van der Waals surface area contributed by atoms with Gasteiger partial charge in [0.2, 0.25) is 5.13 Å². The predicted octanol–water partition coefficient (Wildman–Crippen LogP) is 5.68. The summed E-state index contributed by atoms with van der Waals surface area (Å²) >= 11 is 13.1. The topological polar surface area (TPSA) is 76.1 Å². The molecular weight excluding hydrogens is 407 g/mol. The zero-order valence-corrected chi connectivity index (χ0v) is 16.9. The number of hydrogen-bond donors (Lipinski definition) is 2. The maximum Gasteiger partial charge on any atom is 0.325 e. The molecule has 0 saturated heterocycles. The smallest absolute Gasteiger partial charge is 0.325 e. The first-order valence-electron chi connectivity index (χ1n) is 7.97. The molecule has 0 saturated carbocycles. The number of rotatable bonds is 5. The van der Waals surface area contributed by atoms with Crippen molar-refractivity contribution in [2.24, 2.45) is 0 Å². The number of amides is 2. The quantitative estimate of drug-likeness (QED) is 0.553. The first-order valence-corrected chi connectivity index (χ1v) is 9.54. The van der Waals surface area contributed by atoms with Gasteiger partial charge in [-0.05, 0) is 49.2 Å². The Morgan fingerprint density at radius 1 is 1.15 bits per heavy atom. The molecule has 2 N–H and O–H groups in total. The second-order valence-electron chi connectivity index (χ2n) is 5.69. The number of carbonyl (C=O) groups is 1. The molecule has 0 atom stereocenters. The van der Waals surface area contributed by atoms with Crippen molar-refractivity contribution >= 4 is 51.4 Å². The van der Waals surface area contributed by atoms with Crippen LogP contribution in [0.3, 0.4) is 0 Å². The SMILES string of the molecule is Cc1cccc(OCc2nnc(NC(=O)Nc3ccc(Cl)cc3Cl)s2)c1C. The summed E-state index contributed by atoms with van der Waals surface area (Å²) in [5.41, 5.74) is 2.69. The number of aryl methyl sites for hydroxylation is 1. The summed E-state index contributed by atoms with van der Waals surface area (Å²) in [5.74, 6) is 0.801. The molecule has 0 bridgehead atoms. The number of hydrogen-bond acceptors (Lipinski definition) is 5. The number of anilines is 2. The Hall–Kier alpha value is -2.35. The van der Waals surface area contributed by atoms with Crippen molar-refractivity contribution < 1.29 is 9.53 Å². The number of urea groups is 1. The van der Waals surface area contributed by atoms with Crippen molar-refractivity contribution in [3.05, 3.63) is 62.6 Å². The highest BCUT2D eigenvalue weighted by molar-refractivity contribution is 7.15. The second kappa shape index (κ2) is 8.56. The number of carbonyl (C=O) groups excluding carboxylic acids is 1. The number of aromatic nitrogens is 2. The minimum atomic E-state index is -0.475. The molecule has 3 aromatic rings. The van der Waals surface area contributed by atoms with E-state index in [1.807, 2.05) is 32.0 Å². The van der Waals surface area contributed by atoms with Crippen LogP contribution in [0.25, 0.3) is 0 Å². The summed E-state index contributed by atoms with van der Waals surface area (Å²) in [4.78, 5) is 12.1. The number of halogens is 2. The minimum Gasteiger partial charge on any atom is -0.486 e. The molecule has 0 unspecified atom stereocenters. The Bertz CT molecular complexity index is 978. The Kier molecular flexibility index (Phi) is 6.15. The molecule has 2 aromatic carbocycles. The molecule has 1 heterocycles. The minimum absolute atomic E-state index is 0.272. The third-order valence-corrected chi connectivity index (χ3v) is 5.13. The van der Waals surface area contributed by atoms with Crippen LogP contribution in [0.1, 0.15) is 16.1 Å². The van der Waals surface area contributed by atoms with Crippen LogP contribution in [0.2, 0.25) is 10.0 Å². The predicted molar refractivity (Wildman–Crippen MR) is 109 cm³/mol. The van der Waals surface area contributed by atoms with Crippen LogP contribution in [-0.4, -0.2) is 16.2 Å². The van der Waals surface area contributed by atoms with Crippen LogP contribution in [0.5, 0.6) is 5.75 Å². The Labute approximate surface area is 170 Å². The van der Waals surface area contributed by atoms with Crippen molar-refractivity contribution in [1.82, 2.24) is 10.2 Å². The van der Waals surface area contributed by atoms with E-state index >= 15 is 0 Å². The van der Waals surface area contributed by atoms with Crippen LogP contribution >= 0.6 is 34.5 Å². The first kappa shape index (κ1) is 19.4. The lowest BCUT2D eigenvalue weighted by Gasteiger charge is -2.09. The fraction of sp³-hybridized carbons (Fsp3) is 0.167. The monoisotopic (exact) mass is 422 g/mol. The molecule has 0 radical (unpaired) electrons. The highest BCUT2D eigenvalue weighted by atomic mass is 35.5. The van der Waals surface area contributed by atoms with Gasteiger partial charge in [0.15, 0.2) is 5.01 Å². The van der Waals surface area contributed by atoms with Gasteiger partial charge in [0.1, 0.15) is 12.4 Å². The van der Waals surface area contributed by atoms with Gasteiger partial charge in [-0.3, -0.25) is 5.32 Å². The molecule has 0 aliphatic heterocycles. The number of benzene rings is 2. The zero-order valence-electron chi connectivity index (χ0n) is 14.5. The third kappa shape index (κ3) is 5.09. The summed E-state index contributed by atoms with van der Waals surface area (Å²) in [5, 5.41) is 15.1. The number of nitrogens with zero attached hydrogens (tertiary/aromatic N) is 2. The van der Waals surface area contributed by atoms with Gasteiger partial charge in [0, 0.05) is 5.02 Å². The summed E-state index contributed by atoms with van der Waals surface area (Å²) in [6, 6.07) is 10.2. The maximum absolute atomic E-state index is 12.1. The van der Waals surface area contributed by atoms with Crippen molar-refractivity contribution in [3.63, 3.8) is 0 Å². The molecule has 0 aliphatic carbocycles. The molecule has 0 aliphatic rings. The Morgan fingerprint density at radius 3 is 2.74 bits per heavy atom. The summed E-state index contributed by atoms with van der Waals surface area (Å²) < 4.78 is 5.79. The average molecular weight is 423 g/mol. The van der Waals surface area contributed by atoms with Gasteiger partial charge >= 0.3 is 6.03 Å². The van der Waals surface area contributed by atoms with Gasteiger partial charge < -0.3 is 10.1 Å². The van der Waals surface area contributed by atoms with Crippen molar-refractivity contribution in [1.29, 1.82) is 0 Å². The van der Waals surface area contributed by atoms with Crippen molar-refractivity contribution in [2.45, 2.75) is 20.5 Å². The van der Waals surface area contributed by atoms with Gasteiger partial charge in [-0.25, -0.2) is 4.79 Å². The van der Waals surface area contributed by atoms with E-state index in [1.54, 1.807) is 18.2 Å². The van der Waals surface area contributed by atoms with Gasteiger partial charge in [0.25, 0.3) is 0 Å². The van der Waals surface area contributed by atoms with E-state index in [1.165, 1.54) is 11.3 Å². The average Bonchev–Trinajstić information content (AvgIpc) is 3.06. The molecule has 27 heavy (non-hydrogen) atoms. The van der Waals surface area contributed by atoms with Gasteiger partial charge in [-0.15, -0.1) is 10.2 Å². The highest BCUT2D eigenvalue weighted by Crippen LogP contribution is 2.26. The largest absolute Gasteiger partial charge is 0.486 e. The van der Waals surface area contributed by atoms with E-state index in [9.17, 15) is 4.79 Å². The lowest BCUT2D eigenvalue weighted by Crippen LogP contribution is -2.19. The maximum atomic E-state index is 12.1. The fourth-order valence-corrected chi connectivity index (χ4v) is 3.33. The molecule has 1 aromatic heterocycles. The molecule has 6 nitrogen and oxygen atoms in total. The van der Waals surface area contributed by atoms with Crippen molar-refractivity contribution in [2.75, 3.05) is 10.6 Å². The number of nitrogens with one attached hydrogen (secondary N) is 2. The summed E-state index contributed by atoms with van der Waals surface area (Å²) in [6.07, 6.45) is 0. The normalized spacial score (nSPS) is 10.5. The van der Waals surface area contributed by atoms with Gasteiger partial charge in [0.05, 0.1) is 10.7 Å². The van der Waals surface area contributed by atoms with E-state index in [4.69, 9.17) is 27.9 Å². The lowest BCUT2D eigenvalue weighted by atomic mass is 10.1. The van der Waals surface area contributed by atoms with Crippen molar-refractivity contribution in [3.8, 4) is 5.75 Å². The molecule has 0 spiro atoms. The van der Waals surface area contributed by atoms with Crippen LogP contribution < -0.4 is 15.4 Å². The fourth-order valence-electron chi connectivity index (χ4n) is 2.22. The standard InChI is InChI=1S/C18H16Cl2N4O2S/c1-10-4-3-5-15(11(10)2)26-9-16-23-24-18(27-16)22-17(25)21-14-7-6-12(19)8-13(14)20/h3-8H,9H2,1-2H3,(H2,21,22,24,25). The summed E-state index contributed by atoms with van der Waals surface area (Å²) in [6.45, 7) is 4.30. The first-order chi connectivity index (χ1) is 12.9. The van der Waals surface area contributed by atoms with Gasteiger partial charge in [-0.2, -0.15) is 0 Å². The molecule has 2 amide bonds. The Balaban J connectivity index is 1.57. The molecule has 0 fully saturated rings. The third-order valence-electron chi connectivity index (χ3n) is 3.77. The van der Waals surface area contributed by atoms with Crippen LogP contribution in [0.15, 0.2) is 36.4 Å². The zero-order chi connectivity index (χ0) is 19.4. The molecular formula is C18H16Cl2N4O2S. The van der Waals surface area contributed by atoms with Crippen LogP contribution in [0, 0.1) is 13.8 Å². The second-order valence-corrected chi connectivity index (χ2v) is 7.60. The molecule has 140 valence electrons. The molecule has 3 rings (SSSR count). The van der Waals surface area contributed by atoms with Crippen LogP contribution in [0.4, 0.5) is 15.6 Å². The summed E-state index contributed by atoms with van der Waals surface area (Å²) in [7, 11) is 0. The van der Waals surface area contributed by atoms with E-state index in [-0.39, 0.29) is 6.61 Å². The Morgan fingerprint density at radius 2 is 1.96 bits per heavy atom. The van der Waals surface area contributed by atoms with E-state index in [2.05, 4.69) is 20.8 Å². The highest BCUT2D eigenvalue weighted by Gasteiger charge is 2.11. The van der Waals surface area contributed by atoms with Crippen LogP contribution in [-0.2, 0) is 6.61 Å². The van der Waals surface area contributed by atoms with Gasteiger partial charge in [-0.1, -0.05) is 46.7 Å². The number of ether oxygens (including phenoxy) is 1. The lowest BCUT2D eigenvalue weighted by molar-refractivity contribution is 0.262. The van der Waals surface area contributed by atoms with E-state index in [0.29, 0.717) is 25.9 Å². The molecule has 9 heteroatoms. The van der Waals surface area contributed by atoms with E-state index < -0.39 is 6.03 Å². The van der Waals surface area contributed by atoms with E-state index in [0.717, 1.165) is 16.9 Å².